The summed E-state index contributed by atoms with van der Waals surface area (Å²) in [5.41, 5.74) is 6.60. The van der Waals surface area contributed by atoms with Crippen molar-refractivity contribution in [3.05, 3.63) is 35.9 Å². The Balaban J connectivity index is 2.42. The maximum absolute atomic E-state index is 11.2. The van der Waals surface area contributed by atoms with E-state index in [1.165, 1.54) is 4.68 Å². The van der Waals surface area contributed by atoms with Gasteiger partial charge in [0.05, 0.1) is 17.4 Å². The molecule has 1 aromatic heterocycles. The number of primary amides is 1. The van der Waals surface area contributed by atoms with Gasteiger partial charge in [-0.15, -0.1) is 5.10 Å². The number of aromatic nitrogens is 2. The van der Waals surface area contributed by atoms with E-state index in [0.717, 1.165) is 5.69 Å². The van der Waals surface area contributed by atoms with Crippen LogP contribution in [0.2, 0.25) is 0 Å². The van der Waals surface area contributed by atoms with Crippen molar-refractivity contribution in [1.82, 2.24) is 9.78 Å². The third-order valence-corrected chi connectivity index (χ3v) is 2.78. The van der Waals surface area contributed by atoms with Gasteiger partial charge in [0.2, 0.25) is 5.88 Å². The van der Waals surface area contributed by atoms with Crippen molar-refractivity contribution in [3.63, 3.8) is 0 Å². The van der Waals surface area contributed by atoms with Gasteiger partial charge in [0.15, 0.2) is 0 Å². The molecule has 0 spiro atoms. The molecule has 0 aliphatic rings. The first-order valence-corrected chi connectivity index (χ1v) is 6.51. The largest absolute Gasteiger partial charge is 0.474 e. The van der Waals surface area contributed by atoms with Crippen LogP contribution in [0, 0.1) is 6.92 Å². The van der Waals surface area contributed by atoms with Gasteiger partial charge in [0.1, 0.15) is 12.4 Å². The first-order chi connectivity index (χ1) is 9.99. The van der Waals surface area contributed by atoms with Gasteiger partial charge in [-0.25, -0.2) is 9.48 Å². The summed E-state index contributed by atoms with van der Waals surface area (Å²) < 4.78 is 6.99. The number of para-hydroxylation sites is 1. The monoisotopic (exact) mass is 290 g/mol. The third kappa shape index (κ3) is 3.51. The van der Waals surface area contributed by atoms with E-state index in [1.807, 2.05) is 30.3 Å². The van der Waals surface area contributed by atoms with E-state index in [-0.39, 0.29) is 6.61 Å². The lowest BCUT2D eigenvalue weighted by molar-refractivity contribution is 0.119. The fraction of sp³-hybridized carbons (Fsp3) is 0.286. The average Bonchev–Trinajstić information content (AvgIpc) is 2.74. The van der Waals surface area contributed by atoms with Crippen LogP contribution >= 0.6 is 0 Å². The van der Waals surface area contributed by atoms with Crippen molar-refractivity contribution >= 4 is 11.8 Å². The van der Waals surface area contributed by atoms with Crippen molar-refractivity contribution in [2.24, 2.45) is 5.73 Å². The minimum absolute atomic E-state index is 0.114. The van der Waals surface area contributed by atoms with E-state index >= 15 is 0 Å². The van der Waals surface area contributed by atoms with Crippen LogP contribution in [0.25, 0.3) is 5.69 Å². The molecule has 2 amide bonds. The van der Waals surface area contributed by atoms with Crippen LogP contribution in [0.3, 0.4) is 0 Å². The summed E-state index contributed by atoms with van der Waals surface area (Å²) in [6, 6.07) is 8.60. The van der Waals surface area contributed by atoms with E-state index in [0.29, 0.717) is 17.3 Å². The van der Waals surface area contributed by atoms with Crippen LogP contribution in [0.4, 0.5) is 10.6 Å². The summed E-state index contributed by atoms with van der Waals surface area (Å²) >= 11 is 0. The molecule has 0 saturated heterocycles. The first-order valence-electron chi connectivity index (χ1n) is 6.51. The Bertz CT molecular complexity index is 623. The molecule has 4 N–H and O–H groups in total. The smallest absolute Gasteiger partial charge is 0.317 e. The summed E-state index contributed by atoms with van der Waals surface area (Å²) in [5, 5.41) is 16.2. The second-order valence-corrected chi connectivity index (χ2v) is 4.68. The van der Waals surface area contributed by atoms with Gasteiger partial charge in [0.25, 0.3) is 0 Å². The second kappa shape index (κ2) is 6.27. The van der Waals surface area contributed by atoms with E-state index in [1.54, 1.807) is 13.8 Å². The van der Waals surface area contributed by atoms with Crippen LogP contribution in [0.15, 0.2) is 30.3 Å². The lowest BCUT2D eigenvalue weighted by Crippen LogP contribution is -2.21. The van der Waals surface area contributed by atoms with Crippen molar-refractivity contribution in [1.29, 1.82) is 0 Å². The number of hydrogen-bond donors (Lipinski definition) is 3. The Labute approximate surface area is 122 Å². The van der Waals surface area contributed by atoms with Crippen LogP contribution in [0.5, 0.6) is 5.88 Å². The zero-order chi connectivity index (χ0) is 15.4. The Hall–Kier alpha value is -2.54. The molecule has 7 heteroatoms. The summed E-state index contributed by atoms with van der Waals surface area (Å²) in [7, 11) is 0. The maximum atomic E-state index is 11.2. The molecule has 0 fully saturated rings. The third-order valence-electron chi connectivity index (χ3n) is 2.78. The number of hydrogen-bond acceptors (Lipinski definition) is 4. The van der Waals surface area contributed by atoms with Crippen LogP contribution < -0.4 is 15.8 Å². The molecule has 7 nitrogen and oxygen atoms in total. The molecule has 2 aromatic rings. The minimum Gasteiger partial charge on any atom is -0.474 e. The normalized spacial score (nSPS) is 12.0. The number of nitrogens with zero attached hydrogens (tertiary/aromatic N) is 2. The SMILES string of the molecule is Cc1c(OC[C@H](C)O)nn(-c2ccccc2)c1NC(N)=O. The van der Waals surface area contributed by atoms with Crippen molar-refractivity contribution < 1.29 is 14.6 Å². The highest BCUT2D eigenvalue weighted by Crippen LogP contribution is 2.28. The number of urea groups is 1. The van der Waals surface area contributed by atoms with E-state index in [9.17, 15) is 9.90 Å². The average molecular weight is 290 g/mol. The summed E-state index contributed by atoms with van der Waals surface area (Å²) in [6.07, 6.45) is -0.612. The fourth-order valence-corrected chi connectivity index (χ4v) is 1.83. The number of aliphatic hydroxyl groups is 1. The first kappa shape index (κ1) is 14.9. The zero-order valence-electron chi connectivity index (χ0n) is 11.9. The number of nitrogens with two attached hydrogens (primary N) is 1. The van der Waals surface area contributed by atoms with E-state index < -0.39 is 12.1 Å². The van der Waals surface area contributed by atoms with Gasteiger partial charge in [0, 0.05) is 0 Å². The molecule has 0 saturated carbocycles. The predicted molar refractivity (Wildman–Crippen MR) is 78.7 cm³/mol. The van der Waals surface area contributed by atoms with E-state index in [2.05, 4.69) is 10.4 Å². The highest BCUT2D eigenvalue weighted by molar-refractivity contribution is 5.88. The number of carbonyl (C=O) groups excluding carboxylic acids is 1. The van der Waals surface area contributed by atoms with Gasteiger partial charge >= 0.3 is 6.03 Å². The molecule has 0 bridgehead atoms. The van der Waals surface area contributed by atoms with Gasteiger partial charge in [-0.3, -0.25) is 5.32 Å². The lowest BCUT2D eigenvalue weighted by Gasteiger charge is -2.07. The van der Waals surface area contributed by atoms with Gasteiger partial charge in [-0.1, -0.05) is 18.2 Å². The quantitative estimate of drug-likeness (QED) is 0.775. The predicted octanol–water partition coefficient (Wildman–Crippen LogP) is 1.43. The number of anilines is 1. The molecule has 1 aromatic carbocycles. The van der Waals surface area contributed by atoms with Crippen molar-refractivity contribution in [3.8, 4) is 11.6 Å². The number of rotatable bonds is 5. The Morgan fingerprint density at radius 1 is 1.48 bits per heavy atom. The van der Waals surface area contributed by atoms with Crippen LogP contribution in [0.1, 0.15) is 12.5 Å². The number of amides is 2. The highest BCUT2D eigenvalue weighted by atomic mass is 16.5. The van der Waals surface area contributed by atoms with Gasteiger partial charge in [-0.05, 0) is 26.0 Å². The molecule has 21 heavy (non-hydrogen) atoms. The van der Waals surface area contributed by atoms with Gasteiger partial charge < -0.3 is 15.6 Å². The zero-order valence-corrected chi connectivity index (χ0v) is 11.9. The van der Waals surface area contributed by atoms with Crippen molar-refractivity contribution in [2.45, 2.75) is 20.0 Å². The number of carbonyl (C=O) groups is 1. The molecule has 0 aliphatic heterocycles. The molecule has 1 atom stereocenters. The Morgan fingerprint density at radius 2 is 2.14 bits per heavy atom. The standard InChI is InChI=1S/C14H18N4O3/c1-9(19)8-21-13-10(2)12(16-14(15)20)18(17-13)11-6-4-3-5-7-11/h3-7,9,19H,8H2,1-2H3,(H3,15,16,20)/t9-/m0/s1. The lowest BCUT2D eigenvalue weighted by atomic mass is 10.3. The number of aliphatic hydroxyl groups excluding tert-OH is 1. The molecule has 2 rings (SSSR count). The van der Waals surface area contributed by atoms with E-state index in [4.69, 9.17) is 10.5 Å². The molecule has 1 heterocycles. The highest BCUT2D eigenvalue weighted by Gasteiger charge is 2.18. The Kier molecular flexibility index (Phi) is 4.44. The summed E-state index contributed by atoms with van der Waals surface area (Å²) in [6.45, 7) is 3.49. The van der Waals surface area contributed by atoms with Crippen LogP contribution in [-0.2, 0) is 0 Å². The topological polar surface area (TPSA) is 102 Å². The maximum Gasteiger partial charge on any atom is 0.317 e. The molecule has 112 valence electrons. The fourth-order valence-electron chi connectivity index (χ4n) is 1.83. The molecule has 0 radical (unpaired) electrons. The molecule has 0 aliphatic carbocycles. The van der Waals surface area contributed by atoms with Gasteiger partial charge in [-0.2, -0.15) is 0 Å². The Morgan fingerprint density at radius 3 is 2.71 bits per heavy atom. The molecular weight excluding hydrogens is 272 g/mol. The van der Waals surface area contributed by atoms with Crippen LogP contribution in [-0.4, -0.2) is 33.6 Å². The second-order valence-electron chi connectivity index (χ2n) is 4.68. The molecular formula is C14H18N4O3. The summed E-state index contributed by atoms with van der Waals surface area (Å²) in [5.74, 6) is 0.776. The minimum atomic E-state index is -0.683. The van der Waals surface area contributed by atoms with Crippen molar-refractivity contribution in [2.75, 3.05) is 11.9 Å². The summed E-state index contributed by atoms with van der Waals surface area (Å²) in [4.78, 5) is 11.2. The number of benzene rings is 1. The number of nitrogens with one attached hydrogen (secondary N) is 1. The molecule has 0 unspecified atom stereocenters. The number of ether oxygens (including phenoxy) is 1.